The number of benzene rings is 1. The Morgan fingerprint density at radius 2 is 2.25 bits per heavy atom. The maximum absolute atomic E-state index is 11.4. The van der Waals surface area contributed by atoms with Crippen molar-refractivity contribution < 1.29 is 9.32 Å². The first kappa shape index (κ1) is 14.3. The molecule has 1 amide bonds. The summed E-state index contributed by atoms with van der Waals surface area (Å²) in [6.07, 6.45) is 0. The minimum absolute atomic E-state index is 0.198. The molecular weight excluding hydrogens is 280 g/mol. The molecule has 0 unspecified atom stereocenters. The standard InChI is InChI=1S/C13H15ClN4O2/c1-7(2)13-17-11(20-18-13)6-16-10-4-3-8(14)5-9(10)12(15)19/h3-5,7,16H,6H2,1-2H3,(H2,15,19). The average Bonchev–Trinajstić information content (AvgIpc) is 2.86. The summed E-state index contributed by atoms with van der Waals surface area (Å²) < 4.78 is 5.11. The molecule has 0 radical (unpaired) electrons. The molecule has 0 saturated carbocycles. The van der Waals surface area contributed by atoms with Crippen LogP contribution in [0.4, 0.5) is 5.69 Å². The molecule has 0 atom stereocenters. The topological polar surface area (TPSA) is 94.0 Å². The molecule has 0 aliphatic rings. The Labute approximate surface area is 121 Å². The van der Waals surface area contributed by atoms with Gasteiger partial charge in [-0.1, -0.05) is 30.6 Å². The van der Waals surface area contributed by atoms with Gasteiger partial charge in [0.15, 0.2) is 5.82 Å². The fourth-order valence-electron chi connectivity index (χ4n) is 1.62. The fourth-order valence-corrected chi connectivity index (χ4v) is 1.79. The lowest BCUT2D eigenvalue weighted by Gasteiger charge is -2.08. The number of hydrogen-bond donors (Lipinski definition) is 2. The van der Waals surface area contributed by atoms with E-state index in [1.165, 1.54) is 6.07 Å². The van der Waals surface area contributed by atoms with Crippen LogP contribution in [-0.4, -0.2) is 16.0 Å². The third-order valence-corrected chi connectivity index (χ3v) is 2.91. The maximum Gasteiger partial charge on any atom is 0.250 e. The van der Waals surface area contributed by atoms with Gasteiger partial charge in [0.25, 0.3) is 5.91 Å². The van der Waals surface area contributed by atoms with E-state index in [0.29, 0.717) is 34.5 Å². The van der Waals surface area contributed by atoms with Gasteiger partial charge >= 0.3 is 0 Å². The number of nitrogens with zero attached hydrogens (tertiary/aromatic N) is 2. The van der Waals surface area contributed by atoms with Gasteiger partial charge < -0.3 is 15.6 Å². The number of rotatable bonds is 5. The Balaban J connectivity index is 2.12. The highest BCUT2D eigenvalue weighted by Crippen LogP contribution is 2.21. The summed E-state index contributed by atoms with van der Waals surface area (Å²) in [4.78, 5) is 15.6. The van der Waals surface area contributed by atoms with Crippen LogP contribution in [0.5, 0.6) is 0 Å². The maximum atomic E-state index is 11.4. The van der Waals surface area contributed by atoms with Crippen LogP contribution >= 0.6 is 11.6 Å². The van der Waals surface area contributed by atoms with Crippen LogP contribution in [-0.2, 0) is 6.54 Å². The van der Waals surface area contributed by atoms with Crippen LogP contribution in [0.1, 0.15) is 41.8 Å². The van der Waals surface area contributed by atoms with Crippen molar-refractivity contribution in [1.82, 2.24) is 10.1 Å². The van der Waals surface area contributed by atoms with Crippen LogP contribution in [0.2, 0.25) is 5.02 Å². The van der Waals surface area contributed by atoms with Gasteiger partial charge in [-0.15, -0.1) is 0 Å². The highest BCUT2D eigenvalue weighted by molar-refractivity contribution is 6.31. The summed E-state index contributed by atoms with van der Waals surface area (Å²) in [5, 5.41) is 7.34. The largest absolute Gasteiger partial charge is 0.375 e. The monoisotopic (exact) mass is 294 g/mol. The first-order valence-electron chi connectivity index (χ1n) is 6.13. The Morgan fingerprint density at radius 3 is 2.85 bits per heavy atom. The molecule has 0 aliphatic carbocycles. The zero-order chi connectivity index (χ0) is 14.7. The smallest absolute Gasteiger partial charge is 0.250 e. The van der Waals surface area contributed by atoms with Crippen LogP contribution in [0, 0.1) is 0 Å². The zero-order valence-corrected chi connectivity index (χ0v) is 11.9. The lowest BCUT2D eigenvalue weighted by molar-refractivity contribution is 0.100. The summed E-state index contributed by atoms with van der Waals surface area (Å²) >= 11 is 5.84. The number of amides is 1. The average molecular weight is 295 g/mol. The third-order valence-electron chi connectivity index (χ3n) is 2.68. The molecule has 1 aromatic carbocycles. The number of halogens is 1. The molecule has 1 heterocycles. The zero-order valence-electron chi connectivity index (χ0n) is 11.2. The van der Waals surface area contributed by atoms with Crippen molar-refractivity contribution in [2.24, 2.45) is 5.73 Å². The predicted molar refractivity (Wildman–Crippen MR) is 75.7 cm³/mol. The normalized spacial score (nSPS) is 10.8. The second-order valence-electron chi connectivity index (χ2n) is 4.61. The lowest BCUT2D eigenvalue weighted by atomic mass is 10.1. The highest BCUT2D eigenvalue weighted by Gasteiger charge is 2.12. The molecule has 0 spiro atoms. The van der Waals surface area contributed by atoms with E-state index in [-0.39, 0.29) is 5.92 Å². The number of nitrogens with two attached hydrogens (primary N) is 1. The summed E-state index contributed by atoms with van der Waals surface area (Å²) in [5.41, 5.74) is 6.20. The summed E-state index contributed by atoms with van der Waals surface area (Å²) in [6, 6.07) is 4.87. The molecule has 0 saturated heterocycles. The number of aromatic nitrogens is 2. The van der Waals surface area contributed by atoms with Gasteiger partial charge in [-0.3, -0.25) is 4.79 Å². The number of carbonyl (C=O) groups is 1. The number of carbonyl (C=O) groups excluding carboxylic acids is 1. The van der Waals surface area contributed by atoms with Crippen molar-refractivity contribution in [2.45, 2.75) is 26.3 Å². The second kappa shape index (κ2) is 5.92. The minimum Gasteiger partial charge on any atom is -0.375 e. The molecule has 106 valence electrons. The van der Waals surface area contributed by atoms with E-state index < -0.39 is 5.91 Å². The van der Waals surface area contributed by atoms with Gasteiger partial charge in [0.05, 0.1) is 12.1 Å². The van der Waals surface area contributed by atoms with Gasteiger partial charge in [-0.05, 0) is 18.2 Å². The van der Waals surface area contributed by atoms with Crippen molar-refractivity contribution in [1.29, 1.82) is 0 Å². The summed E-state index contributed by atoms with van der Waals surface area (Å²) in [6.45, 7) is 4.26. The van der Waals surface area contributed by atoms with Crippen LogP contribution < -0.4 is 11.1 Å². The first-order chi connectivity index (χ1) is 9.47. The van der Waals surface area contributed by atoms with Crippen molar-refractivity contribution in [2.75, 3.05) is 5.32 Å². The Kier molecular flexibility index (Phi) is 4.24. The van der Waals surface area contributed by atoms with E-state index in [4.69, 9.17) is 21.9 Å². The molecule has 0 fully saturated rings. The van der Waals surface area contributed by atoms with Gasteiger partial charge in [0.1, 0.15) is 0 Å². The van der Waals surface area contributed by atoms with Crippen molar-refractivity contribution in [3.63, 3.8) is 0 Å². The molecule has 6 nitrogen and oxygen atoms in total. The Hall–Kier alpha value is -2.08. The number of hydrogen-bond acceptors (Lipinski definition) is 5. The van der Waals surface area contributed by atoms with E-state index in [2.05, 4.69) is 15.5 Å². The van der Waals surface area contributed by atoms with Crippen LogP contribution in [0.15, 0.2) is 22.7 Å². The molecule has 0 bridgehead atoms. The predicted octanol–water partition coefficient (Wildman–Crippen LogP) is 2.56. The van der Waals surface area contributed by atoms with Crippen LogP contribution in [0.3, 0.4) is 0 Å². The molecule has 1 aromatic heterocycles. The number of primary amides is 1. The van der Waals surface area contributed by atoms with Crippen molar-refractivity contribution in [3.8, 4) is 0 Å². The minimum atomic E-state index is -0.552. The molecule has 3 N–H and O–H groups in total. The summed E-state index contributed by atoms with van der Waals surface area (Å²) in [7, 11) is 0. The highest BCUT2D eigenvalue weighted by atomic mass is 35.5. The quantitative estimate of drug-likeness (QED) is 0.884. The van der Waals surface area contributed by atoms with Gasteiger partial charge in [0.2, 0.25) is 5.89 Å². The van der Waals surface area contributed by atoms with E-state index in [1.54, 1.807) is 12.1 Å². The first-order valence-corrected chi connectivity index (χ1v) is 6.51. The van der Waals surface area contributed by atoms with Gasteiger partial charge in [-0.2, -0.15) is 4.98 Å². The molecule has 0 aliphatic heterocycles. The van der Waals surface area contributed by atoms with E-state index in [9.17, 15) is 4.79 Å². The lowest BCUT2D eigenvalue weighted by Crippen LogP contribution is -2.14. The molecule has 20 heavy (non-hydrogen) atoms. The van der Waals surface area contributed by atoms with E-state index in [1.807, 2.05) is 13.8 Å². The Morgan fingerprint density at radius 1 is 1.50 bits per heavy atom. The van der Waals surface area contributed by atoms with Crippen LogP contribution in [0.25, 0.3) is 0 Å². The summed E-state index contributed by atoms with van der Waals surface area (Å²) in [5.74, 6) is 0.736. The molecule has 2 aromatic rings. The Bertz CT molecular complexity index is 625. The molecular formula is C13H15ClN4O2. The third kappa shape index (κ3) is 3.27. The molecule has 7 heteroatoms. The number of nitrogens with one attached hydrogen (secondary N) is 1. The van der Waals surface area contributed by atoms with Gasteiger partial charge in [-0.25, -0.2) is 0 Å². The van der Waals surface area contributed by atoms with Gasteiger partial charge in [0, 0.05) is 16.6 Å². The second-order valence-corrected chi connectivity index (χ2v) is 5.05. The van der Waals surface area contributed by atoms with Crippen molar-refractivity contribution >= 4 is 23.2 Å². The SMILES string of the molecule is CC(C)c1noc(CNc2ccc(Cl)cc2C(N)=O)n1. The fraction of sp³-hybridized carbons (Fsp3) is 0.308. The molecule has 2 rings (SSSR count). The van der Waals surface area contributed by atoms with Crippen molar-refractivity contribution in [3.05, 3.63) is 40.5 Å². The van der Waals surface area contributed by atoms with E-state index >= 15 is 0 Å². The van der Waals surface area contributed by atoms with E-state index in [0.717, 1.165) is 0 Å². The number of anilines is 1.